The molecule has 0 bridgehead atoms. The molecular formula is C11H20O3. The Kier molecular flexibility index (Phi) is 3.42. The van der Waals surface area contributed by atoms with E-state index in [4.69, 9.17) is 14.2 Å². The summed E-state index contributed by atoms with van der Waals surface area (Å²) in [6, 6.07) is 0. The maximum Gasteiger partial charge on any atom is 0.147 e. The van der Waals surface area contributed by atoms with Crippen molar-refractivity contribution in [3.8, 4) is 0 Å². The van der Waals surface area contributed by atoms with Crippen LogP contribution in [0.2, 0.25) is 0 Å². The molecule has 2 aliphatic rings. The van der Waals surface area contributed by atoms with Crippen LogP contribution >= 0.6 is 0 Å². The van der Waals surface area contributed by atoms with Gasteiger partial charge in [-0.15, -0.1) is 0 Å². The maximum atomic E-state index is 5.77. The van der Waals surface area contributed by atoms with Gasteiger partial charge in [0.15, 0.2) is 0 Å². The molecule has 0 aromatic carbocycles. The van der Waals surface area contributed by atoms with E-state index in [1.807, 2.05) is 0 Å². The maximum absolute atomic E-state index is 5.77. The van der Waals surface area contributed by atoms with Gasteiger partial charge in [-0.05, 0) is 18.8 Å². The minimum Gasteiger partial charge on any atom is -0.373 e. The van der Waals surface area contributed by atoms with Crippen LogP contribution in [0.1, 0.15) is 33.1 Å². The fraction of sp³-hybridized carbons (Fsp3) is 1.00. The van der Waals surface area contributed by atoms with Gasteiger partial charge < -0.3 is 14.2 Å². The van der Waals surface area contributed by atoms with Gasteiger partial charge >= 0.3 is 0 Å². The largest absolute Gasteiger partial charge is 0.373 e. The van der Waals surface area contributed by atoms with Gasteiger partial charge in [-0.1, -0.05) is 20.3 Å². The quantitative estimate of drug-likeness (QED) is 0.682. The van der Waals surface area contributed by atoms with E-state index < -0.39 is 0 Å². The highest BCUT2D eigenvalue weighted by Gasteiger charge is 2.41. The van der Waals surface area contributed by atoms with Crippen molar-refractivity contribution in [3.63, 3.8) is 0 Å². The van der Waals surface area contributed by atoms with Crippen molar-refractivity contribution in [2.45, 2.75) is 51.4 Å². The molecule has 14 heavy (non-hydrogen) atoms. The molecule has 0 aromatic rings. The standard InChI is InChI=1S/C11H20O3/c1-3-8-5-6-12-11-9(4-2)13-7-14-10(8)11/h8-11H,3-7H2,1-2H3. The van der Waals surface area contributed by atoms with Crippen molar-refractivity contribution in [1.82, 2.24) is 0 Å². The molecule has 82 valence electrons. The third-order valence-electron chi connectivity index (χ3n) is 3.42. The summed E-state index contributed by atoms with van der Waals surface area (Å²) in [6.45, 7) is 5.68. The summed E-state index contributed by atoms with van der Waals surface area (Å²) < 4.78 is 17.0. The summed E-state index contributed by atoms with van der Waals surface area (Å²) in [5, 5.41) is 0. The Morgan fingerprint density at radius 3 is 2.57 bits per heavy atom. The van der Waals surface area contributed by atoms with Gasteiger partial charge in [0.25, 0.3) is 0 Å². The van der Waals surface area contributed by atoms with Crippen LogP contribution in [0.15, 0.2) is 0 Å². The third-order valence-corrected chi connectivity index (χ3v) is 3.42. The van der Waals surface area contributed by atoms with E-state index in [9.17, 15) is 0 Å². The zero-order valence-corrected chi connectivity index (χ0v) is 9.07. The second-order valence-corrected chi connectivity index (χ2v) is 4.15. The van der Waals surface area contributed by atoms with Crippen molar-refractivity contribution in [3.05, 3.63) is 0 Å². The highest BCUT2D eigenvalue weighted by atomic mass is 16.7. The van der Waals surface area contributed by atoms with Crippen LogP contribution in [0.25, 0.3) is 0 Å². The Bertz CT molecular complexity index is 163. The summed E-state index contributed by atoms with van der Waals surface area (Å²) in [7, 11) is 0. The normalized spacial score (nSPS) is 43.3. The van der Waals surface area contributed by atoms with Crippen LogP contribution in [-0.4, -0.2) is 31.7 Å². The molecule has 0 aliphatic carbocycles. The minimum absolute atomic E-state index is 0.174. The number of hydrogen-bond acceptors (Lipinski definition) is 3. The number of rotatable bonds is 2. The van der Waals surface area contributed by atoms with Crippen molar-refractivity contribution in [1.29, 1.82) is 0 Å². The van der Waals surface area contributed by atoms with Crippen molar-refractivity contribution in [2.75, 3.05) is 13.4 Å². The van der Waals surface area contributed by atoms with E-state index in [-0.39, 0.29) is 18.3 Å². The van der Waals surface area contributed by atoms with Gasteiger partial charge in [-0.3, -0.25) is 0 Å². The molecule has 2 heterocycles. The van der Waals surface area contributed by atoms with E-state index in [1.165, 1.54) is 6.42 Å². The van der Waals surface area contributed by atoms with Crippen LogP contribution in [0.3, 0.4) is 0 Å². The Balaban J connectivity index is 2.04. The highest BCUT2D eigenvalue weighted by Crippen LogP contribution is 2.32. The first kappa shape index (κ1) is 10.4. The lowest BCUT2D eigenvalue weighted by atomic mass is 9.86. The Morgan fingerprint density at radius 1 is 1.00 bits per heavy atom. The van der Waals surface area contributed by atoms with E-state index in [1.54, 1.807) is 0 Å². The van der Waals surface area contributed by atoms with E-state index >= 15 is 0 Å². The molecule has 4 atom stereocenters. The monoisotopic (exact) mass is 200 g/mol. The molecule has 0 spiro atoms. The summed E-state index contributed by atoms with van der Waals surface area (Å²) in [4.78, 5) is 0. The summed E-state index contributed by atoms with van der Waals surface area (Å²) in [6.07, 6.45) is 4.01. The Hall–Kier alpha value is -0.120. The molecule has 0 saturated carbocycles. The number of fused-ring (bicyclic) bond motifs is 1. The molecule has 0 radical (unpaired) electrons. The van der Waals surface area contributed by atoms with Gasteiger partial charge in [-0.2, -0.15) is 0 Å². The van der Waals surface area contributed by atoms with Gasteiger partial charge in [0.1, 0.15) is 12.9 Å². The van der Waals surface area contributed by atoms with Crippen molar-refractivity contribution in [2.24, 2.45) is 5.92 Å². The fourth-order valence-corrected chi connectivity index (χ4v) is 2.52. The van der Waals surface area contributed by atoms with Crippen LogP contribution in [-0.2, 0) is 14.2 Å². The highest BCUT2D eigenvalue weighted by molar-refractivity contribution is 4.88. The first-order valence-corrected chi connectivity index (χ1v) is 5.71. The second-order valence-electron chi connectivity index (χ2n) is 4.15. The molecule has 0 amide bonds. The van der Waals surface area contributed by atoms with Crippen molar-refractivity contribution < 1.29 is 14.2 Å². The smallest absolute Gasteiger partial charge is 0.147 e. The zero-order valence-electron chi connectivity index (χ0n) is 9.07. The first-order valence-electron chi connectivity index (χ1n) is 5.71. The zero-order chi connectivity index (χ0) is 9.97. The third kappa shape index (κ3) is 1.81. The van der Waals surface area contributed by atoms with Crippen LogP contribution in [0, 0.1) is 5.92 Å². The molecule has 0 aromatic heterocycles. The molecule has 2 saturated heterocycles. The topological polar surface area (TPSA) is 27.7 Å². The molecule has 4 unspecified atom stereocenters. The SMILES string of the molecule is CCC1CCOC2C(CC)OCOC12. The Labute approximate surface area is 85.7 Å². The molecule has 3 nitrogen and oxygen atoms in total. The molecular weight excluding hydrogens is 180 g/mol. The molecule has 2 fully saturated rings. The second kappa shape index (κ2) is 4.60. The van der Waals surface area contributed by atoms with E-state index in [0.29, 0.717) is 12.7 Å². The van der Waals surface area contributed by atoms with E-state index in [2.05, 4.69) is 13.8 Å². The summed E-state index contributed by atoms with van der Waals surface area (Å²) in [5.41, 5.74) is 0. The van der Waals surface area contributed by atoms with Crippen LogP contribution in [0.5, 0.6) is 0 Å². The summed E-state index contributed by atoms with van der Waals surface area (Å²) >= 11 is 0. The lowest BCUT2D eigenvalue weighted by Crippen LogP contribution is -2.53. The molecule has 0 N–H and O–H groups in total. The average Bonchev–Trinajstić information content (AvgIpc) is 2.27. The van der Waals surface area contributed by atoms with Gasteiger partial charge in [-0.25, -0.2) is 0 Å². The Morgan fingerprint density at radius 2 is 1.86 bits per heavy atom. The number of hydrogen-bond donors (Lipinski definition) is 0. The summed E-state index contributed by atoms with van der Waals surface area (Å²) in [5.74, 6) is 0.659. The predicted octanol–water partition coefficient (Wildman–Crippen LogP) is 1.95. The van der Waals surface area contributed by atoms with Crippen LogP contribution < -0.4 is 0 Å². The van der Waals surface area contributed by atoms with Gasteiger partial charge in [0.05, 0.1) is 12.2 Å². The predicted molar refractivity (Wildman–Crippen MR) is 53.0 cm³/mol. The minimum atomic E-state index is 0.174. The molecule has 2 rings (SSSR count). The lowest BCUT2D eigenvalue weighted by Gasteiger charge is -2.44. The first-order chi connectivity index (χ1) is 6.86. The lowest BCUT2D eigenvalue weighted by molar-refractivity contribution is -0.272. The van der Waals surface area contributed by atoms with E-state index in [0.717, 1.165) is 19.4 Å². The molecule has 3 heteroatoms. The van der Waals surface area contributed by atoms with Gasteiger partial charge in [0.2, 0.25) is 0 Å². The number of ether oxygens (including phenoxy) is 3. The fourth-order valence-electron chi connectivity index (χ4n) is 2.52. The average molecular weight is 200 g/mol. The van der Waals surface area contributed by atoms with Crippen molar-refractivity contribution >= 4 is 0 Å². The van der Waals surface area contributed by atoms with Crippen LogP contribution in [0.4, 0.5) is 0 Å². The van der Waals surface area contributed by atoms with Gasteiger partial charge in [0, 0.05) is 6.61 Å². The molecule has 2 aliphatic heterocycles.